The zero-order valence-corrected chi connectivity index (χ0v) is 7.89. The lowest BCUT2D eigenvalue weighted by Gasteiger charge is -2.23. The van der Waals surface area contributed by atoms with Gasteiger partial charge < -0.3 is 4.74 Å². The van der Waals surface area contributed by atoms with Gasteiger partial charge in [0.2, 0.25) is 0 Å². The second kappa shape index (κ2) is 2.56. The summed E-state index contributed by atoms with van der Waals surface area (Å²) in [5.74, 6) is 0.303. The van der Waals surface area contributed by atoms with Crippen molar-refractivity contribution in [3.63, 3.8) is 0 Å². The number of rotatable bonds is 0. The van der Waals surface area contributed by atoms with Crippen LogP contribution in [0.15, 0.2) is 0 Å². The monoisotopic (exact) mass is 218 g/mol. The molecule has 0 bridgehead atoms. The largest absolute Gasteiger partial charge is 0.366 e. The molecule has 0 N–H and O–H groups in total. The maximum atomic E-state index is 11.5. The molecule has 2 atom stereocenters. The molecular formula is C8H11BrO2. The van der Waals surface area contributed by atoms with Crippen molar-refractivity contribution in [2.45, 2.75) is 36.1 Å². The number of carbonyl (C=O) groups excluding carboxylic acids is 1. The van der Waals surface area contributed by atoms with Crippen LogP contribution in [0.3, 0.4) is 0 Å². The van der Waals surface area contributed by atoms with Crippen LogP contribution in [0.5, 0.6) is 0 Å². The van der Waals surface area contributed by atoms with E-state index in [1.807, 2.05) is 0 Å². The molecule has 1 saturated heterocycles. The van der Waals surface area contributed by atoms with E-state index < -0.39 is 5.60 Å². The molecule has 0 aromatic rings. The van der Waals surface area contributed by atoms with E-state index in [2.05, 4.69) is 15.9 Å². The van der Waals surface area contributed by atoms with Gasteiger partial charge in [0.25, 0.3) is 0 Å². The van der Waals surface area contributed by atoms with Crippen molar-refractivity contribution in [2.75, 3.05) is 6.61 Å². The Kier molecular flexibility index (Phi) is 1.80. The summed E-state index contributed by atoms with van der Waals surface area (Å²) >= 11 is 3.52. The van der Waals surface area contributed by atoms with Crippen LogP contribution in [0.25, 0.3) is 0 Å². The van der Waals surface area contributed by atoms with E-state index in [1.54, 1.807) is 0 Å². The summed E-state index contributed by atoms with van der Waals surface area (Å²) in [4.78, 5) is 11.7. The van der Waals surface area contributed by atoms with E-state index >= 15 is 0 Å². The quantitative estimate of drug-likeness (QED) is 0.579. The third kappa shape index (κ3) is 0.975. The molecule has 2 rings (SSSR count). The highest BCUT2D eigenvalue weighted by atomic mass is 79.9. The third-order valence-corrected chi connectivity index (χ3v) is 3.86. The Morgan fingerprint density at radius 1 is 1.64 bits per heavy atom. The SMILES string of the molecule is O=C1CCC[C@@]12OCC[C@H]2Br. The van der Waals surface area contributed by atoms with Gasteiger partial charge in [-0.25, -0.2) is 0 Å². The van der Waals surface area contributed by atoms with Gasteiger partial charge in [0.05, 0.1) is 4.83 Å². The molecule has 0 amide bonds. The number of hydrogen-bond acceptors (Lipinski definition) is 2. The van der Waals surface area contributed by atoms with Crippen molar-refractivity contribution in [1.29, 1.82) is 0 Å². The van der Waals surface area contributed by atoms with Crippen molar-refractivity contribution in [1.82, 2.24) is 0 Å². The molecule has 0 radical (unpaired) electrons. The summed E-state index contributed by atoms with van der Waals surface area (Å²) in [6, 6.07) is 0. The zero-order valence-electron chi connectivity index (χ0n) is 6.31. The van der Waals surface area contributed by atoms with E-state index in [9.17, 15) is 4.79 Å². The molecule has 1 saturated carbocycles. The van der Waals surface area contributed by atoms with Crippen molar-refractivity contribution in [3.8, 4) is 0 Å². The van der Waals surface area contributed by atoms with Crippen LogP contribution in [-0.2, 0) is 9.53 Å². The number of hydrogen-bond donors (Lipinski definition) is 0. The number of Topliss-reactive ketones (excluding diaryl/α,β-unsaturated/α-hetero) is 1. The second-order valence-electron chi connectivity index (χ2n) is 3.27. The lowest BCUT2D eigenvalue weighted by molar-refractivity contribution is -0.134. The first-order valence-electron chi connectivity index (χ1n) is 4.07. The molecule has 0 aromatic heterocycles. The molecule has 3 heteroatoms. The molecule has 0 unspecified atom stereocenters. The molecule has 2 aliphatic rings. The van der Waals surface area contributed by atoms with Gasteiger partial charge in [0.15, 0.2) is 5.78 Å². The molecule has 2 fully saturated rings. The maximum absolute atomic E-state index is 11.5. The fourth-order valence-electron chi connectivity index (χ4n) is 2.01. The van der Waals surface area contributed by atoms with Crippen LogP contribution in [-0.4, -0.2) is 22.8 Å². The van der Waals surface area contributed by atoms with Crippen molar-refractivity contribution in [2.24, 2.45) is 0 Å². The summed E-state index contributed by atoms with van der Waals surface area (Å²) in [5, 5.41) is 0. The highest BCUT2D eigenvalue weighted by molar-refractivity contribution is 9.09. The number of carbonyl (C=O) groups is 1. The fraction of sp³-hybridized carbons (Fsp3) is 0.875. The van der Waals surface area contributed by atoms with Gasteiger partial charge in [-0.15, -0.1) is 0 Å². The lowest BCUT2D eigenvalue weighted by atomic mass is 9.97. The zero-order chi connectivity index (χ0) is 7.90. The minimum Gasteiger partial charge on any atom is -0.366 e. The number of alkyl halides is 1. The van der Waals surface area contributed by atoms with Crippen LogP contribution in [0.2, 0.25) is 0 Å². The normalized spacial score (nSPS) is 44.1. The van der Waals surface area contributed by atoms with Crippen molar-refractivity contribution in [3.05, 3.63) is 0 Å². The highest BCUT2D eigenvalue weighted by Gasteiger charge is 2.51. The first-order valence-corrected chi connectivity index (χ1v) is 4.98. The van der Waals surface area contributed by atoms with Gasteiger partial charge in [0, 0.05) is 13.0 Å². The van der Waals surface area contributed by atoms with Crippen LogP contribution in [0.4, 0.5) is 0 Å². The Hall–Kier alpha value is 0.110. The summed E-state index contributed by atoms with van der Waals surface area (Å²) in [6.45, 7) is 0.738. The standard InChI is InChI=1S/C8H11BrO2/c9-6-3-5-11-8(6)4-1-2-7(8)10/h6H,1-5H2/t6-,8+/m1/s1. The molecule has 0 aromatic carbocycles. The predicted octanol–water partition coefficient (Wildman–Crippen LogP) is 1.66. The van der Waals surface area contributed by atoms with Gasteiger partial charge in [-0.1, -0.05) is 15.9 Å². The molecule has 2 nitrogen and oxygen atoms in total. The second-order valence-corrected chi connectivity index (χ2v) is 4.38. The molecule has 1 aliphatic carbocycles. The highest BCUT2D eigenvalue weighted by Crippen LogP contribution is 2.41. The van der Waals surface area contributed by atoms with E-state index in [4.69, 9.17) is 4.74 Å². The first kappa shape index (κ1) is 7.74. The molecule has 1 heterocycles. The van der Waals surface area contributed by atoms with E-state index in [-0.39, 0.29) is 4.83 Å². The number of halogens is 1. The summed E-state index contributed by atoms with van der Waals surface area (Å²) in [7, 11) is 0. The number of ether oxygens (including phenoxy) is 1. The minimum absolute atomic E-state index is 0.269. The van der Waals surface area contributed by atoms with E-state index in [0.717, 1.165) is 25.9 Å². The van der Waals surface area contributed by atoms with Gasteiger partial charge in [-0.05, 0) is 19.3 Å². The smallest absolute Gasteiger partial charge is 0.165 e. The molecule has 11 heavy (non-hydrogen) atoms. The van der Waals surface area contributed by atoms with Gasteiger partial charge in [0.1, 0.15) is 5.60 Å². The van der Waals surface area contributed by atoms with Gasteiger partial charge >= 0.3 is 0 Å². The van der Waals surface area contributed by atoms with Crippen molar-refractivity contribution < 1.29 is 9.53 Å². The average Bonchev–Trinajstić information content (AvgIpc) is 2.48. The summed E-state index contributed by atoms with van der Waals surface area (Å²) < 4.78 is 5.53. The first-order chi connectivity index (χ1) is 5.26. The van der Waals surface area contributed by atoms with Crippen LogP contribution in [0, 0.1) is 0 Å². The number of ketones is 1. The Morgan fingerprint density at radius 2 is 2.45 bits per heavy atom. The van der Waals surface area contributed by atoms with E-state index in [0.29, 0.717) is 12.2 Å². The Balaban J connectivity index is 2.25. The van der Waals surface area contributed by atoms with Crippen LogP contribution >= 0.6 is 15.9 Å². The molecule has 1 aliphatic heterocycles. The third-order valence-electron chi connectivity index (χ3n) is 2.66. The van der Waals surface area contributed by atoms with Crippen LogP contribution in [0.1, 0.15) is 25.7 Å². The van der Waals surface area contributed by atoms with Crippen molar-refractivity contribution >= 4 is 21.7 Å². The summed E-state index contributed by atoms with van der Waals surface area (Å²) in [5.41, 5.74) is -0.417. The van der Waals surface area contributed by atoms with Gasteiger partial charge in [-0.2, -0.15) is 0 Å². The lowest BCUT2D eigenvalue weighted by Crippen LogP contribution is -2.40. The molecule has 1 spiro atoms. The maximum Gasteiger partial charge on any atom is 0.165 e. The molecular weight excluding hydrogens is 208 g/mol. The Bertz CT molecular complexity index is 189. The Labute approximate surface area is 74.4 Å². The molecule has 62 valence electrons. The van der Waals surface area contributed by atoms with E-state index in [1.165, 1.54) is 0 Å². The topological polar surface area (TPSA) is 26.3 Å². The predicted molar refractivity (Wildman–Crippen MR) is 44.9 cm³/mol. The van der Waals surface area contributed by atoms with Gasteiger partial charge in [-0.3, -0.25) is 4.79 Å². The Morgan fingerprint density at radius 3 is 2.91 bits per heavy atom. The van der Waals surface area contributed by atoms with Crippen LogP contribution < -0.4 is 0 Å². The fourth-order valence-corrected chi connectivity index (χ4v) is 2.82. The average molecular weight is 219 g/mol. The minimum atomic E-state index is -0.417. The summed E-state index contributed by atoms with van der Waals surface area (Å²) in [6.07, 6.45) is 3.61.